The van der Waals surface area contributed by atoms with Crippen LogP contribution in [0.5, 0.6) is 0 Å². The lowest BCUT2D eigenvalue weighted by Gasteiger charge is -2.13. The van der Waals surface area contributed by atoms with Gasteiger partial charge in [0.1, 0.15) is 17.6 Å². The molecule has 0 saturated carbocycles. The number of anilines is 1. The number of nitrogens with zero attached hydrogens (tertiary/aromatic N) is 1. The molecular formula is C12H18N4O2. The zero-order valence-corrected chi connectivity index (χ0v) is 10.6. The highest BCUT2D eigenvalue weighted by molar-refractivity contribution is 5.96. The van der Waals surface area contributed by atoms with Gasteiger partial charge in [0.25, 0.3) is 5.91 Å². The second kappa shape index (κ2) is 6.58. The summed E-state index contributed by atoms with van der Waals surface area (Å²) in [4.78, 5) is 27.2. The van der Waals surface area contributed by atoms with Crippen molar-refractivity contribution in [2.24, 2.45) is 0 Å². The Morgan fingerprint density at radius 3 is 2.78 bits per heavy atom. The van der Waals surface area contributed by atoms with Crippen LogP contribution in [-0.2, 0) is 4.79 Å². The third-order valence-electron chi connectivity index (χ3n) is 2.29. The molecule has 18 heavy (non-hydrogen) atoms. The van der Waals surface area contributed by atoms with E-state index < -0.39 is 11.9 Å². The number of hydrogen-bond donors (Lipinski definition) is 3. The quantitative estimate of drug-likeness (QED) is 0.700. The SMILES string of the molecule is CCCNC(=O)C(C)NC(=O)c1cccc(N)n1. The molecule has 0 spiro atoms. The average molecular weight is 250 g/mol. The standard InChI is InChI=1S/C12H18N4O2/c1-3-7-14-11(17)8(2)15-12(18)9-5-4-6-10(13)16-9/h4-6,8H,3,7H2,1-2H3,(H2,13,16)(H,14,17)(H,15,18). The van der Waals surface area contributed by atoms with E-state index in [1.54, 1.807) is 25.1 Å². The fourth-order valence-electron chi connectivity index (χ4n) is 1.32. The molecule has 0 bridgehead atoms. The van der Waals surface area contributed by atoms with Crippen molar-refractivity contribution in [3.8, 4) is 0 Å². The number of pyridine rings is 1. The first-order valence-electron chi connectivity index (χ1n) is 5.85. The van der Waals surface area contributed by atoms with Crippen LogP contribution >= 0.6 is 0 Å². The van der Waals surface area contributed by atoms with Crippen molar-refractivity contribution in [2.45, 2.75) is 26.3 Å². The number of hydrogen-bond acceptors (Lipinski definition) is 4. The van der Waals surface area contributed by atoms with E-state index in [4.69, 9.17) is 5.73 Å². The molecule has 1 unspecified atom stereocenters. The number of aromatic nitrogens is 1. The van der Waals surface area contributed by atoms with Gasteiger partial charge in [0.15, 0.2) is 0 Å². The van der Waals surface area contributed by atoms with Crippen LogP contribution in [0, 0.1) is 0 Å². The van der Waals surface area contributed by atoms with Crippen LogP contribution in [0.15, 0.2) is 18.2 Å². The molecule has 0 fully saturated rings. The predicted molar refractivity (Wildman–Crippen MR) is 68.9 cm³/mol. The van der Waals surface area contributed by atoms with Gasteiger partial charge in [-0.05, 0) is 25.5 Å². The van der Waals surface area contributed by atoms with E-state index in [2.05, 4.69) is 15.6 Å². The number of nitrogen functional groups attached to an aromatic ring is 1. The summed E-state index contributed by atoms with van der Waals surface area (Å²) < 4.78 is 0. The molecule has 0 saturated heterocycles. The van der Waals surface area contributed by atoms with Gasteiger partial charge in [-0.25, -0.2) is 4.98 Å². The summed E-state index contributed by atoms with van der Waals surface area (Å²) in [6.07, 6.45) is 0.850. The maximum atomic E-state index is 11.8. The molecule has 6 heteroatoms. The first-order valence-corrected chi connectivity index (χ1v) is 5.85. The van der Waals surface area contributed by atoms with E-state index in [0.29, 0.717) is 6.54 Å². The summed E-state index contributed by atoms with van der Waals surface area (Å²) in [5.41, 5.74) is 5.68. The summed E-state index contributed by atoms with van der Waals surface area (Å²) in [6.45, 7) is 4.17. The maximum absolute atomic E-state index is 11.8. The van der Waals surface area contributed by atoms with Gasteiger partial charge in [0.2, 0.25) is 5.91 Å². The van der Waals surface area contributed by atoms with E-state index >= 15 is 0 Å². The zero-order valence-electron chi connectivity index (χ0n) is 10.6. The molecule has 0 aliphatic rings. The molecule has 4 N–H and O–H groups in total. The average Bonchev–Trinajstić information content (AvgIpc) is 2.35. The Balaban J connectivity index is 2.56. The predicted octanol–water partition coefficient (Wildman–Crippen LogP) is 0.308. The molecule has 0 aliphatic carbocycles. The highest BCUT2D eigenvalue weighted by Crippen LogP contribution is 2.00. The third-order valence-corrected chi connectivity index (χ3v) is 2.29. The van der Waals surface area contributed by atoms with Crippen LogP contribution in [0.3, 0.4) is 0 Å². The lowest BCUT2D eigenvalue weighted by Crippen LogP contribution is -2.45. The van der Waals surface area contributed by atoms with Crippen molar-refractivity contribution in [2.75, 3.05) is 12.3 Å². The van der Waals surface area contributed by atoms with Crippen LogP contribution < -0.4 is 16.4 Å². The molecule has 1 rings (SSSR count). The molecule has 98 valence electrons. The molecule has 0 aromatic carbocycles. The Kier molecular flexibility index (Phi) is 5.10. The molecule has 2 amide bonds. The van der Waals surface area contributed by atoms with Gasteiger partial charge in [0.05, 0.1) is 0 Å². The smallest absolute Gasteiger partial charge is 0.270 e. The molecule has 6 nitrogen and oxygen atoms in total. The normalized spacial score (nSPS) is 11.7. The van der Waals surface area contributed by atoms with Gasteiger partial charge >= 0.3 is 0 Å². The van der Waals surface area contributed by atoms with Crippen molar-refractivity contribution < 1.29 is 9.59 Å². The van der Waals surface area contributed by atoms with Crippen LogP contribution in [0.25, 0.3) is 0 Å². The minimum Gasteiger partial charge on any atom is -0.384 e. The Morgan fingerprint density at radius 1 is 1.44 bits per heavy atom. The molecule has 0 radical (unpaired) electrons. The summed E-state index contributed by atoms with van der Waals surface area (Å²) in [6, 6.07) is 4.17. The van der Waals surface area contributed by atoms with E-state index in [-0.39, 0.29) is 17.4 Å². The molecule has 0 aliphatic heterocycles. The monoisotopic (exact) mass is 250 g/mol. The fraction of sp³-hybridized carbons (Fsp3) is 0.417. The van der Waals surface area contributed by atoms with Crippen molar-refractivity contribution >= 4 is 17.6 Å². The van der Waals surface area contributed by atoms with E-state index in [1.807, 2.05) is 6.92 Å². The first kappa shape index (κ1) is 14.0. The van der Waals surface area contributed by atoms with Crippen LogP contribution in [0.4, 0.5) is 5.82 Å². The largest absolute Gasteiger partial charge is 0.384 e. The number of amides is 2. The second-order valence-electron chi connectivity index (χ2n) is 3.93. The fourth-order valence-corrected chi connectivity index (χ4v) is 1.32. The number of nitrogens with one attached hydrogen (secondary N) is 2. The highest BCUT2D eigenvalue weighted by Gasteiger charge is 2.16. The Morgan fingerprint density at radius 2 is 2.17 bits per heavy atom. The molecule has 1 atom stereocenters. The number of carbonyl (C=O) groups is 2. The first-order chi connectivity index (χ1) is 8.54. The molecule has 1 aromatic rings. The third kappa shape index (κ3) is 4.04. The Hall–Kier alpha value is -2.11. The van der Waals surface area contributed by atoms with Gasteiger partial charge in [-0.3, -0.25) is 9.59 Å². The minimum absolute atomic E-state index is 0.199. The minimum atomic E-state index is -0.604. The van der Waals surface area contributed by atoms with Crippen LogP contribution in [0.1, 0.15) is 30.8 Å². The van der Waals surface area contributed by atoms with E-state index in [9.17, 15) is 9.59 Å². The highest BCUT2D eigenvalue weighted by atomic mass is 16.2. The summed E-state index contributed by atoms with van der Waals surface area (Å²) in [5.74, 6) is -0.360. The lowest BCUT2D eigenvalue weighted by molar-refractivity contribution is -0.122. The van der Waals surface area contributed by atoms with Crippen LogP contribution in [0.2, 0.25) is 0 Å². The van der Waals surface area contributed by atoms with Gasteiger partial charge in [-0.2, -0.15) is 0 Å². The maximum Gasteiger partial charge on any atom is 0.270 e. The Labute approximate surface area is 106 Å². The lowest BCUT2D eigenvalue weighted by atomic mass is 10.2. The molecule has 1 aromatic heterocycles. The van der Waals surface area contributed by atoms with E-state index in [1.165, 1.54) is 0 Å². The van der Waals surface area contributed by atoms with E-state index in [0.717, 1.165) is 6.42 Å². The van der Waals surface area contributed by atoms with Gasteiger partial charge in [-0.1, -0.05) is 13.0 Å². The second-order valence-corrected chi connectivity index (χ2v) is 3.93. The van der Waals surface area contributed by atoms with Gasteiger partial charge in [0, 0.05) is 6.54 Å². The number of carbonyl (C=O) groups excluding carboxylic acids is 2. The zero-order chi connectivity index (χ0) is 13.5. The Bertz CT molecular complexity index is 434. The van der Waals surface area contributed by atoms with Crippen molar-refractivity contribution in [3.63, 3.8) is 0 Å². The number of nitrogens with two attached hydrogens (primary N) is 1. The van der Waals surface area contributed by atoms with Crippen molar-refractivity contribution in [1.82, 2.24) is 15.6 Å². The molecular weight excluding hydrogens is 232 g/mol. The number of rotatable bonds is 5. The molecule has 1 heterocycles. The summed E-state index contributed by atoms with van der Waals surface area (Å²) >= 11 is 0. The van der Waals surface area contributed by atoms with Crippen LogP contribution in [-0.4, -0.2) is 29.4 Å². The van der Waals surface area contributed by atoms with Crippen molar-refractivity contribution in [1.29, 1.82) is 0 Å². The summed E-state index contributed by atoms with van der Waals surface area (Å²) in [5, 5.41) is 5.26. The van der Waals surface area contributed by atoms with Crippen molar-refractivity contribution in [3.05, 3.63) is 23.9 Å². The van der Waals surface area contributed by atoms with Gasteiger partial charge in [-0.15, -0.1) is 0 Å². The summed E-state index contributed by atoms with van der Waals surface area (Å²) in [7, 11) is 0. The van der Waals surface area contributed by atoms with Gasteiger partial charge < -0.3 is 16.4 Å². The topological polar surface area (TPSA) is 97.1 Å².